The van der Waals surface area contributed by atoms with E-state index in [9.17, 15) is 4.79 Å². The molecule has 2 aromatic carbocycles. The number of carbonyl (C=O) groups is 1. The van der Waals surface area contributed by atoms with E-state index in [2.05, 4.69) is 31.3 Å². The number of hydrogen-bond donors (Lipinski definition) is 1. The maximum atomic E-state index is 12.3. The lowest BCUT2D eigenvalue weighted by atomic mass is 10.0. The smallest absolute Gasteiger partial charge is 0.260 e. The second-order valence-corrected chi connectivity index (χ2v) is 7.35. The van der Waals surface area contributed by atoms with Crippen molar-refractivity contribution >= 4 is 17.5 Å². The summed E-state index contributed by atoms with van der Waals surface area (Å²) >= 11 is 6.15. The molecule has 0 aromatic heterocycles. The van der Waals surface area contributed by atoms with Crippen molar-refractivity contribution in [3.63, 3.8) is 0 Å². The van der Waals surface area contributed by atoms with Crippen LogP contribution in [0.5, 0.6) is 5.75 Å². The van der Waals surface area contributed by atoms with E-state index in [-0.39, 0.29) is 5.91 Å². The van der Waals surface area contributed by atoms with Gasteiger partial charge in [-0.05, 0) is 61.4 Å². The highest BCUT2D eigenvalue weighted by Crippen LogP contribution is 2.28. The summed E-state index contributed by atoms with van der Waals surface area (Å²) in [6.45, 7) is 8.66. The van der Waals surface area contributed by atoms with E-state index in [1.807, 2.05) is 37.3 Å². The summed E-state index contributed by atoms with van der Waals surface area (Å²) in [5.74, 6) is 1.04. The van der Waals surface area contributed by atoms with Gasteiger partial charge in [-0.25, -0.2) is 0 Å². The summed E-state index contributed by atoms with van der Waals surface area (Å²) in [4.78, 5) is 12.3. The van der Waals surface area contributed by atoms with Crippen molar-refractivity contribution in [2.45, 2.75) is 52.6 Å². The number of halogens is 1. The van der Waals surface area contributed by atoms with Crippen LogP contribution in [0.1, 0.15) is 49.8 Å². The minimum absolute atomic E-state index is 0.0969. The molecular weight excluding hydrogens is 346 g/mol. The zero-order valence-corrected chi connectivity index (χ0v) is 16.8. The summed E-state index contributed by atoms with van der Waals surface area (Å²) in [6, 6.07) is 13.9. The van der Waals surface area contributed by atoms with Crippen LogP contribution in [-0.4, -0.2) is 18.6 Å². The highest BCUT2D eigenvalue weighted by atomic mass is 35.5. The Labute approximate surface area is 161 Å². The van der Waals surface area contributed by atoms with Crippen molar-refractivity contribution in [2.24, 2.45) is 0 Å². The molecule has 4 heteroatoms. The number of ether oxygens (including phenoxy) is 1. The van der Waals surface area contributed by atoms with Crippen molar-refractivity contribution in [1.82, 2.24) is 5.32 Å². The predicted octanol–water partition coefficient (Wildman–Crippen LogP) is 5.29. The number of rotatable bonds is 8. The maximum Gasteiger partial charge on any atom is 0.260 e. The van der Waals surface area contributed by atoms with Gasteiger partial charge in [-0.15, -0.1) is 0 Å². The molecule has 0 fully saturated rings. The summed E-state index contributed by atoms with van der Waals surface area (Å²) in [6.07, 6.45) is 1.14. The Morgan fingerprint density at radius 1 is 1.15 bits per heavy atom. The van der Waals surface area contributed by atoms with Crippen LogP contribution in [0.2, 0.25) is 5.02 Å². The fourth-order valence-corrected chi connectivity index (χ4v) is 3.03. The molecule has 0 bridgehead atoms. The van der Waals surface area contributed by atoms with Crippen LogP contribution in [0.25, 0.3) is 0 Å². The van der Waals surface area contributed by atoms with Crippen molar-refractivity contribution in [2.75, 3.05) is 6.54 Å². The predicted molar refractivity (Wildman–Crippen MR) is 108 cm³/mol. The van der Waals surface area contributed by atoms with Crippen LogP contribution in [0.4, 0.5) is 0 Å². The van der Waals surface area contributed by atoms with Crippen molar-refractivity contribution in [1.29, 1.82) is 0 Å². The van der Waals surface area contributed by atoms with Crippen LogP contribution in [0.15, 0.2) is 42.5 Å². The standard InChI is InChI=1S/C22H28ClNO2/c1-15(2)19-12-11-16(3)14-21(19)26-17(4)22(25)24-13-7-9-18-8-5-6-10-20(18)23/h5-6,8,10-12,14-15,17H,7,9,13H2,1-4H3,(H,24,25)/t17-/m0/s1. The molecule has 3 nitrogen and oxygen atoms in total. The van der Waals surface area contributed by atoms with Gasteiger partial charge in [-0.2, -0.15) is 0 Å². The molecule has 26 heavy (non-hydrogen) atoms. The molecule has 1 atom stereocenters. The van der Waals surface area contributed by atoms with Crippen molar-refractivity contribution < 1.29 is 9.53 Å². The summed E-state index contributed by atoms with van der Waals surface area (Å²) in [5.41, 5.74) is 3.35. The second kappa shape index (κ2) is 9.63. The minimum Gasteiger partial charge on any atom is -0.481 e. The molecule has 0 saturated carbocycles. The first kappa shape index (κ1) is 20.3. The number of aryl methyl sites for hydroxylation is 2. The van der Waals surface area contributed by atoms with Crippen LogP contribution >= 0.6 is 11.6 Å². The monoisotopic (exact) mass is 373 g/mol. The zero-order valence-electron chi connectivity index (χ0n) is 16.0. The Balaban J connectivity index is 1.84. The molecule has 0 spiro atoms. The molecule has 0 aliphatic carbocycles. The number of carbonyl (C=O) groups excluding carboxylic acids is 1. The Morgan fingerprint density at radius 3 is 2.58 bits per heavy atom. The largest absolute Gasteiger partial charge is 0.481 e. The topological polar surface area (TPSA) is 38.3 Å². The van der Waals surface area contributed by atoms with Gasteiger partial charge in [-0.3, -0.25) is 4.79 Å². The highest BCUT2D eigenvalue weighted by Gasteiger charge is 2.17. The molecule has 0 aliphatic rings. The Kier molecular flexibility index (Phi) is 7.52. The molecule has 2 rings (SSSR count). The fourth-order valence-electron chi connectivity index (χ4n) is 2.80. The van der Waals surface area contributed by atoms with E-state index in [1.165, 1.54) is 0 Å². The molecule has 1 N–H and O–H groups in total. The van der Waals surface area contributed by atoms with Gasteiger partial charge in [-0.1, -0.05) is 55.8 Å². The van der Waals surface area contributed by atoms with Crippen molar-refractivity contribution in [3.05, 3.63) is 64.2 Å². The quantitative estimate of drug-likeness (QED) is 0.638. The average molecular weight is 374 g/mol. The Bertz CT molecular complexity index is 743. The molecule has 0 unspecified atom stereocenters. The van der Waals surface area contributed by atoms with Crippen LogP contribution in [0, 0.1) is 6.92 Å². The molecule has 0 aliphatic heterocycles. The highest BCUT2D eigenvalue weighted by molar-refractivity contribution is 6.31. The summed E-state index contributed by atoms with van der Waals surface area (Å²) in [7, 11) is 0. The van der Waals surface area contributed by atoms with Gasteiger partial charge in [0.15, 0.2) is 6.10 Å². The molecule has 0 radical (unpaired) electrons. The van der Waals surface area contributed by atoms with E-state index >= 15 is 0 Å². The number of nitrogens with one attached hydrogen (secondary N) is 1. The third-order valence-electron chi connectivity index (χ3n) is 4.34. The third-order valence-corrected chi connectivity index (χ3v) is 4.71. The van der Waals surface area contributed by atoms with Gasteiger partial charge in [0.25, 0.3) is 5.91 Å². The zero-order chi connectivity index (χ0) is 19.1. The van der Waals surface area contributed by atoms with E-state index in [0.29, 0.717) is 12.5 Å². The van der Waals surface area contributed by atoms with Gasteiger partial charge in [0, 0.05) is 11.6 Å². The maximum absolute atomic E-state index is 12.3. The van der Waals surface area contributed by atoms with Crippen LogP contribution < -0.4 is 10.1 Å². The normalized spacial score (nSPS) is 12.1. The van der Waals surface area contributed by atoms with Gasteiger partial charge in [0.05, 0.1) is 0 Å². The second-order valence-electron chi connectivity index (χ2n) is 6.94. The minimum atomic E-state index is -0.533. The van der Waals surface area contributed by atoms with Crippen LogP contribution in [0.3, 0.4) is 0 Å². The first-order valence-corrected chi connectivity index (χ1v) is 9.54. The lowest BCUT2D eigenvalue weighted by Crippen LogP contribution is -2.37. The van der Waals surface area contributed by atoms with Gasteiger partial charge in [0.2, 0.25) is 0 Å². The van der Waals surface area contributed by atoms with Gasteiger partial charge < -0.3 is 10.1 Å². The first-order chi connectivity index (χ1) is 12.4. The lowest BCUT2D eigenvalue weighted by molar-refractivity contribution is -0.127. The molecule has 140 valence electrons. The SMILES string of the molecule is Cc1ccc(C(C)C)c(O[C@@H](C)C(=O)NCCCc2ccccc2Cl)c1. The van der Waals surface area contributed by atoms with E-state index in [0.717, 1.165) is 40.3 Å². The van der Waals surface area contributed by atoms with E-state index < -0.39 is 6.10 Å². The van der Waals surface area contributed by atoms with Gasteiger partial charge >= 0.3 is 0 Å². The number of hydrogen-bond acceptors (Lipinski definition) is 2. The molecule has 0 saturated heterocycles. The molecule has 2 aromatic rings. The summed E-state index contributed by atoms with van der Waals surface area (Å²) < 4.78 is 5.95. The fraction of sp³-hybridized carbons (Fsp3) is 0.409. The van der Waals surface area contributed by atoms with Crippen molar-refractivity contribution in [3.8, 4) is 5.75 Å². The average Bonchev–Trinajstić information content (AvgIpc) is 2.59. The number of amides is 1. The molecular formula is C22H28ClNO2. The van der Waals surface area contributed by atoms with E-state index in [1.54, 1.807) is 6.92 Å². The van der Waals surface area contributed by atoms with Crippen LogP contribution in [-0.2, 0) is 11.2 Å². The first-order valence-electron chi connectivity index (χ1n) is 9.16. The molecule has 1 amide bonds. The van der Waals surface area contributed by atoms with Gasteiger partial charge in [0.1, 0.15) is 5.75 Å². The third kappa shape index (κ3) is 5.77. The Morgan fingerprint density at radius 2 is 1.88 bits per heavy atom. The van der Waals surface area contributed by atoms with E-state index in [4.69, 9.17) is 16.3 Å². The lowest BCUT2D eigenvalue weighted by Gasteiger charge is -2.19. The molecule has 0 heterocycles. The Hall–Kier alpha value is -2.00. The number of benzene rings is 2. The summed E-state index contributed by atoms with van der Waals surface area (Å²) in [5, 5.41) is 3.72.